The average Bonchev–Trinajstić information content (AvgIpc) is 2.60. The highest BCUT2D eigenvalue weighted by Gasteiger charge is 2.19. The van der Waals surface area contributed by atoms with E-state index in [0.717, 1.165) is 0 Å². The third-order valence-electron chi connectivity index (χ3n) is 3.26. The molecule has 0 aliphatic heterocycles. The van der Waals surface area contributed by atoms with E-state index in [2.05, 4.69) is 10.6 Å². The molecule has 0 bridgehead atoms. The zero-order chi connectivity index (χ0) is 18.4. The van der Waals surface area contributed by atoms with Crippen LogP contribution in [0.5, 0.6) is 11.5 Å². The van der Waals surface area contributed by atoms with E-state index < -0.39 is 12.0 Å². The van der Waals surface area contributed by atoms with Gasteiger partial charge in [0.1, 0.15) is 0 Å². The van der Waals surface area contributed by atoms with Gasteiger partial charge in [-0.1, -0.05) is 17.7 Å². The SMILES string of the molecule is COC(=O)c1cc(OC)c(OC)cc1NC(=O)Nc1cccc(Cl)c1. The molecule has 2 rings (SSSR count). The lowest BCUT2D eigenvalue weighted by atomic mass is 10.1. The first-order chi connectivity index (χ1) is 12.0. The molecule has 132 valence electrons. The maximum Gasteiger partial charge on any atom is 0.340 e. The van der Waals surface area contributed by atoms with Crippen molar-refractivity contribution in [2.75, 3.05) is 32.0 Å². The molecule has 25 heavy (non-hydrogen) atoms. The number of anilines is 2. The third-order valence-corrected chi connectivity index (χ3v) is 3.49. The smallest absolute Gasteiger partial charge is 0.340 e. The average molecular weight is 365 g/mol. The van der Waals surface area contributed by atoms with Gasteiger partial charge in [0, 0.05) is 22.8 Å². The fourth-order valence-electron chi connectivity index (χ4n) is 2.11. The minimum Gasteiger partial charge on any atom is -0.493 e. The summed E-state index contributed by atoms with van der Waals surface area (Å²) < 4.78 is 15.1. The molecule has 7 nitrogen and oxygen atoms in total. The quantitative estimate of drug-likeness (QED) is 0.788. The van der Waals surface area contributed by atoms with Gasteiger partial charge in [-0.2, -0.15) is 0 Å². The van der Waals surface area contributed by atoms with E-state index in [0.29, 0.717) is 22.2 Å². The molecule has 2 N–H and O–H groups in total. The lowest BCUT2D eigenvalue weighted by molar-refractivity contribution is 0.0601. The molecule has 0 spiro atoms. The van der Waals surface area contributed by atoms with Crippen molar-refractivity contribution in [1.82, 2.24) is 0 Å². The molecule has 0 atom stereocenters. The summed E-state index contributed by atoms with van der Waals surface area (Å²) >= 11 is 5.88. The molecule has 8 heteroatoms. The zero-order valence-corrected chi connectivity index (χ0v) is 14.6. The Kier molecular flexibility index (Phi) is 6.08. The second-order valence-corrected chi connectivity index (χ2v) is 5.27. The van der Waals surface area contributed by atoms with Crippen molar-refractivity contribution in [1.29, 1.82) is 0 Å². The molecular weight excluding hydrogens is 348 g/mol. The van der Waals surface area contributed by atoms with Crippen LogP contribution in [0.2, 0.25) is 5.02 Å². The van der Waals surface area contributed by atoms with Gasteiger partial charge in [0.25, 0.3) is 0 Å². The predicted octanol–water partition coefficient (Wildman–Crippen LogP) is 3.79. The van der Waals surface area contributed by atoms with Gasteiger partial charge in [0.15, 0.2) is 11.5 Å². The second kappa shape index (κ2) is 8.25. The van der Waals surface area contributed by atoms with E-state index in [-0.39, 0.29) is 11.3 Å². The maximum absolute atomic E-state index is 12.2. The summed E-state index contributed by atoms with van der Waals surface area (Å²) in [6, 6.07) is 9.02. The number of urea groups is 1. The van der Waals surface area contributed by atoms with Crippen LogP contribution in [0, 0.1) is 0 Å². The summed E-state index contributed by atoms with van der Waals surface area (Å²) in [6.45, 7) is 0. The number of halogens is 1. The maximum atomic E-state index is 12.2. The van der Waals surface area contributed by atoms with Crippen LogP contribution in [-0.2, 0) is 4.74 Å². The summed E-state index contributed by atoms with van der Waals surface area (Å²) in [7, 11) is 4.14. The van der Waals surface area contributed by atoms with Gasteiger partial charge in [0.05, 0.1) is 32.6 Å². The second-order valence-electron chi connectivity index (χ2n) is 4.83. The molecule has 0 unspecified atom stereocenters. The summed E-state index contributed by atoms with van der Waals surface area (Å²) in [5.41, 5.74) is 0.843. The topological polar surface area (TPSA) is 85.9 Å². The highest BCUT2D eigenvalue weighted by molar-refractivity contribution is 6.30. The van der Waals surface area contributed by atoms with Gasteiger partial charge >= 0.3 is 12.0 Å². The summed E-state index contributed by atoms with van der Waals surface area (Å²) in [5.74, 6) is 0.0657. The fourth-order valence-corrected chi connectivity index (χ4v) is 2.30. The molecule has 0 aliphatic carbocycles. The van der Waals surface area contributed by atoms with Crippen molar-refractivity contribution >= 4 is 35.0 Å². The van der Waals surface area contributed by atoms with E-state index in [9.17, 15) is 9.59 Å². The number of hydrogen-bond acceptors (Lipinski definition) is 5. The van der Waals surface area contributed by atoms with Crippen LogP contribution < -0.4 is 20.1 Å². The van der Waals surface area contributed by atoms with Gasteiger partial charge in [0.2, 0.25) is 0 Å². The normalized spacial score (nSPS) is 9.92. The zero-order valence-electron chi connectivity index (χ0n) is 13.9. The van der Waals surface area contributed by atoms with E-state index >= 15 is 0 Å². The van der Waals surface area contributed by atoms with E-state index in [1.54, 1.807) is 24.3 Å². The van der Waals surface area contributed by atoms with Gasteiger partial charge in [-0.25, -0.2) is 9.59 Å². The monoisotopic (exact) mass is 364 g/mol. The van der Waals surface area contributed by atoms with Gasteiger partial charge < -0.3 is 24.8 Å². The van der Waals surface area contributed by atoms with Gasteiger partial charge in [-0.05, 0) is 18.2 Å². The van der Waals surface area contributed by atoms with E-state index in [1.165, 1.54) is 33.5 Å². The number of rotatable bonds is 5. The van der Waals surface area contributed by atoms with Gasteiger partial charge in [-0.3, -0.25) is 0 Å². The number of nitrogens with one attached hydrogen (secondary N) is 2. The first-order valence-corrected chi connectivity index (χ1v) is 7.54. The van der Waals surface area contributed by atoms with Crippen LogP contribution >= 0.6 is 11.6 Å². The van der Waals surface area contributed by atoms with Crippen molar-refractivity contribution in [3.8, 4) is 11.5 Å². The van der Waals surface area contributed by atoms with Crippen molar-refractivity contribution in [3.05, 3.63) is 47.0 Å². The largest absolute Gasteiger partial charge is 0.493 e. The number of methoxy groups -OCH3 is 3. The lowest BCUT2D eigenvalue weighted by Crippen LogP contribution is -2.21. The number of benzene rings is 2. The molecule has 0 aliphatic rings. The van der Waals surface area contributed by atoms with Crippen LogP contribution in [0.25, 0.3) is 0 Å². The summed E-state index contributed by atoms with van der Waals surface area (Å²) in [5, 5.41) is 5.70. The number of esters is 1. The van der Waals surface area contributed by atoms with Crippen LogP contribution in [0.1, 0.15) is 10.4 Å². The molecule has 0 radical (unpaired) electrons. The highest BCUT2D eigenvalue weighted by atomic mass is 35.5. The Morgan fingerprint density at radius 1 is 0.960 bits per heavy atom. The number of carbonyl (C=O) groups is 2. The standard InChI is InChI=1S/C17H17ClN2O5/c1-23-14-8-12(16(21)25-3)13(9-15(14)24-2)20-17(22)19-11-6-4-5-10(18)7-11/h4-9H,1-3H3,(H2,19,20,22). The van der Waals surface area contributed by atoms with Crippen LogP contribution in [0.4, 0.5) is 16.2 Å². The van der Waals surface area contributed by atoms with E-state index in [1.807, 2.05) is 0 Å². The predicted molar refractivity (Wildman–Crippen MR) is 95.0 cm³/mol. The first-order valence-electron chi connectivity index (χ1n) is 7.16. The fraction of sp³-hybridized carbons (Fsp3) is 0.176. The minimum absolute atomic E-state index is 0.126. The van der Waals surface area contributed by atoms with Crippen LogP contribution in [0.3, 0.4) is 0 Å². The van der Waals surface area contributed by atoms with Crippen LogP contribution in [0.15, 0.2) is 36.4 Å². The van der Waals surface area contributed by atoms with E-state index in [4.69, 9.17) is 25.8 Å². The Labute approximate surface area is 149 Å². The Morgan fingerprint density at radius 3 is 2.24 bits per heavy atom. The lowest BCUT2D eigenvalue weighted by Gasteiger charge is -2.15. The number of hydrogen-bond donors (Lipinski definition) is 2. The Morgan fingerprint density at radius 2 is 1.64 bits per heavy atom. The van der Waals surface area contributed by atoms with Gasteiger partial charge in [-0.15, -0.1) is 0 Å². The Bertz CT molecular complexity index is 795. The molecule has 2 amide bonds. The number of carbonyl (C=O) groups excluding carboxylic acids is 2. The van der Waals surface area contributed by atoms with Crippen molar-refractivity contribution < 1.29 is 23.8 Å². The molecule has 2 aromatic rings. The molecule has 0 fully saturated rings. The summed E-state index contributed by atoms with van der Waals surface area (Å²) in [6.07, 6.45) is 0. The molecule has 2 aromatic carbocycles. The van der Waals surface area contributed by atoms with Crippen molar-refractivity contribution in [2.24, 2.45) is 0 Å². The number of amides is 2. The number of ether oxygens (including phenoxy) is 3. The molecule has 0 saturated heterocycles. The molecule has 0 saturated carbocycles. The highest BCUT2D eigenvalue weighted by Crippen LogP contribution is 2.33. The first kappa shape index (κ1) is 18.4. The Balaban J connectivity index is 2.30. The van der Waals surface area contributed by atoms with Crippen LogP contribution in [-0.4, -0.2) is 33.3 Å². The minimum atomic E-state index is -0.626. The molecule has 0 aromatic heterocycles. The molecular formula is C17H17ClN2O5. The van der Waals surface area contributed by atoms with Crippen molar-refractivity contribution in [3.63, 3.8) is 0 Å². The third kappa shape index (κ3) is 4.54. The Hall–Kier alpha value is -2.93. The summed E-state index contributed by atoms with van der Waals surface area (Å²) in [4.78, 5) is 24.2. The molecule has 0 heterocycles. The van der Waals surface area contributed by atoms with Crippen molar-refractivity contribution in [2.45, 2.75) is 0 Å².